The maximum absolute atomic E-state index is 11.9. The van der Waals surface area contributed by atoms with Crippen LogP contribution in [0.5, 0.6) is 0 Å². The number of hydrogen-bond acceptors (Lipinski definition) is 1. The van der Waals surface area contributed by atoms with Gasteiger partial charge in [0.05, 0.1) is 5.56 Å². The van der Waals surface area contributed by atoms with Crippen LogP contribution in [-0.2, 0) is 6.18 Å². The Balaban J connectivity index is 0.00000121. The number of rotatable bonds is 0. The maximum atomic E-state index is 11.9. The van der Waals surface area contributed by atoms with E-state index in [0.29, 0.717) is 0 Å². The van der Waals surface area contributed by atoms with Gasteiger partial charge in [0.1, 0.15) is 0 Å². The molecule has 0 spiro atoms. The second-order valence-corrected chi connectivity index (χ2v) is 2.12. The molecular weight excluding hydrogens is 235 g/mol. The summed E-state index contributed by atoms with van der Waals surface area (Å²) in [4.78, 5) is 0. The van der Waals surface area contributed by atoms with Crippen molar-refractivity contribution in [1.82, 2.24) is 0 Å². The molecule has 0 amide bonds. The van der Waals surface area contributed by atoms with Crippen LogP contribution < -0.4 is 5.73 Å². The highest BCUT2D eigenvalue weighted by atomic mass is 79.9. The number of nitrogen functional groups attached to an aromatic ring is 1. The quantitative estimate of drug-likeness (QED) is 0.695. The number of benzene rings is 1. The van der Waals surface area contributed by atoms with Crippen LogP contribution in [0.4, 0.5) is 18.9 Å². The number of hydrogen-bond donors (Lipinski definition) is 1. The van der Waals surface area contributed by atoms with E-state index in [2.05, 4.69) is 0 Å². The Morgan fingerprint density at radius 3 is 2.08 bits per heavy atom. The first kappa shape index (κ1) is 11.3. The Hall–Kier alpha value is -0.710. The molecule has 1 nitrogen and oxygen atoms in total. The number of nitrogens with two attached hydrogens (primary N) is 1. The molecule has 0 fully saturated rings. The summed E-state index contributed by atoms with van der Waals surface area (Å²) in [6, 6.07) is 4.57. The minimum absolute atomic E-state index is 0. The molecule has 0 unspecified atom stereocenters. The van der Waals surface area contributed by atoms with E-state index >= 15 is 0 Å². The van der Waals surface area contributed by atoms with E-state index in [0.717, 1.165) is 12.1 Å². The van der Waals surface area contributed by atoms with Crippen molar-refractivity contribution in [3.8, 4) is 0 Å². The molecular formula is C7H7BrF3N. The fraction of sp³-hybridized carbons (Fsp3) is 0.143. The zero-order valence-corrected chi connectivity index (χ0v) is 7.64. The molecule has 0 aliphatic rings. The fourth-order valence-corrected chi connectivity index (χ4v) is 0.715. The molecule has 0 atom stereocenters. The summed E-state index contributed by atoms with van der Waals surface area (Å²) in [5.41, 5.74) is 4.57. The average Bonchev–Trinajstić information content (AvgIpc) is 1.86. The van der Waals surface area contributed by atoms with Crippen molar-refractivity contribution in [3.05, 3.63) is 29.8 Å². The number of halogens is 4. The summed E-state index contributed by atoms with van der Waals surface area (Å²) < 4.78 is 35.7. The lowest BCUT2D eigenvalue weighted by Crippen LogP contribution is -2.04. The first-order chi connectivity index (χ1) is 5.00. The average molecular weight is 242 g/mol. The van der Waals surface area contributed by atoms with Crippen LogP contribution in [0.2, 0.25) is 0 Å². The standard InChI is InChI=1S/C7H6F3N.BrH/c8-7(9,10)5-2-1-3-6(11)4-5;/h1-4H,11H2;1H. The van der Waals surface area contributed by atoms with E-state index in [9.17, 15) is 13.2 Å². The Labute approximate surface area is 78.1 Å². The van der Waals surface area contributed by atoms with E-state index in [1.54, 1.807) is 0 Å². The maximum Gasteiger partial charge on any atom is 0.416 e. The lowest BCUT2D eigenvalue weighted by Gasteiger charge is -2.05. The molecule has 0 aliphatic carbocycles. The van der Waals surface area contributed by atoms with Crippen molar-refractivity contribution >= 4 is 22.7 Å². The molecule has 5 heteroatoms. The van der Waals surface area contributed by atoms with Crippen molar-refractivity contribution in [1.29, 1.82) is 0 Å². The predicted molar refractivity (Wildman–Crippen MR) is 46.2 cm³/mol. The third kappa shape index (κ3) is 2.73. The van der Waals surface area contributed by atoms with Gasteiger partial charge < -0.3 is 5.73 Å². The Kier molecular flexibility index (Phi) is 3.57. The van der Waals surface area contributed by atoms with Gasteiger partial charge in [-0.25, -0.2) is 0 Å². The molecule has 0 aromatic heterocycles. The molecule has 0 saturated heterocycles. The topological polar surface area (TPSA) is 26.0 Å². The molecule has 1 aromatic rings. The summed E-state index contributed by atoms with van der Waals surface area (Å²) in [7, 11) is 0. The predicted octanol–water partition coefficient (Wildman–Crippen LogP) is 2.87. The Morgan fingerprint density at radius 2 is 1.75 bits per heavy atom. The summed E-state index contributed by atoms with van der Waals surface area (Å²) in [5, 5.41) is 0. The molecule has 0 radical (unpaired) electrons. The molecule has 0 aliphatic heterocycles. The lowest BCUT2D eigenvalue weighted by molar-refractivity contribution is -0.137. The molecule has 2 N–H and O–H groups in total. The van der Waals surface area contributed by atoms with E-state index in [-0.39, 0.29) is 22.7 Å². The van der Waals surface area contributed by atoms with E-state index in [1.165, 1.54) is 12.1 Å². The van der Waals surface area contributed by atoms with Gasteiger partial charge in [-0.3, -0.25) is 0 Å². The highest BCUT2D eigenvalue weighted by molar-refractivity contribution is 8.93. The van der Waals surface area contributed by atoms with E-state index in [4.69, 9.17) is 5.73 Å². The highest BCUT2D eigenvalue weighted by Crippen LogP contribution is 2.29. The molecule has 0 bridgehead atoms. The van der Waals surface area contributed by atoms with Crippen LogP contribution in [0.1, 0.15) is 5.56 Å². The number of anilines is 1. The van der Waals surface area contributed by atoms with E-state index in [1.807, 2.05) is 0 Å². The fourth-order valence-electron chi connectivity index (χ4n) is 0.715. The summed E-state index contributed by atoms with van der Waals surface area (Å²) in [5.74, 6) is 0. The van der Waals surface area contributed by atoms with Crippen LogP contribution in [-0.4, -0.2) is 0 Å². The second kappa shape index (κ2) is 3.80. The second-order valence-electron chi connectivity index (χ2n) is 2.12. The molecule has 12 heavy (non-hydrogen) atoms. The lowest BCUT2D eigenvalue weighted by atomic mass is 10.2. The van der Waals surface area contributed by atoms with Gasteiger partial charge in [0, 0.05) is 5.69 Å². The minimum Gasteiger partial charge on any atom is -0.399 e. The zero-order valence-electron chi connectivity index (χ0n) is 5.93. The van der Waals surface area contributed by atoms with Crippen molar-refractivity contribution < 1.29 is 13.2 Å². The third-order valence-corrected chi connectivity index (χ3v) is 1.21. The van der Waals surface area contributed by atoms with Crippen molar-refractivity contribution in [2.45, 2.75) is 6.18 Å². The first-order valence-corrected chi connectivity index (χ1v) is 2.93. The minimum atomic E-state index is -4.30. The molecule has 68 valence electrons. The third-order valence-electron chi connectivity index (χ3n) is 1.21. The van der Waals surface area contributed by atoms with Gasteiger partial charge >= 0.3 is 6.18 Å². The highest BCUT2D eigenvalue weighted by Gasteiger charge is 2.30. The first-order valence-electron chi connectivity index (χ1n) is 2.93. The summed E-state index contributed by atoms with van der Waals surface area (Å²) in [6.45, 7) is 0. The molecule has 1 rings (SSSR count). The Morgan fingerprint density at radius 1 is 1.17 bits per heavy atom. The van der Waals surface area contributed by atoms with Gasteiger partial charge in [-0.05, 0) is 18.2 Å². The van der Waals surface area contributed by atoms with Gasteiger partial charge in [0.25, 0.3) is 0 Å². The van der Waals surface area contributed by atoms with Gasteiger partial charge in [0.2, 0.25) is 0 Å². The monoisotopic (exact) mass is 241 g/mol. The van der Waals surface area contributed by atoms with Gasteiger partial charge in [-0.15, -0.1) is 17.0 Å². The zero-order chi connectivity index (χ0) is 8.48. The Bertz CT molecular complexity index is 259. The van der Waals surface area contributed by atoms with Crippen molar-refractivity contribution in [3.63, 3.8) is 0 Å². The van der Waals surface area contributed by atoms with Crippen LogP contribution in [0.15, 0.2) is 24.3 Å². The van der Waals surface area contributed by atoms with Crippen molar-refractivity contribution in [2.75, 3.05) is 5.73 Å². The molecule has 0 saturated carbocycles. The van der Waals surface area contributed by atoms with Gasteiger partial charge in [-0.2, -0.15) is 13.2 Å². The van der Waals surface area contributed by atoms with Gasteiger partial charge in [-0.1, -0.05) is 6.07 Å². The number of alkyl halides is 3. The summed E-state index contributed by atoms with van der Waals surface area (Å²) in [6.07, 6.45) is -4.30. The van der Waals surface area contributed by atoms with E-state index < -0.39 is 11.7 Å². The molecule has 1 aromatic carbocycles. The summed E-state index contributed by atoms with van der Waals surface area (Å²) >= 11 is 0. The smallest absolute Gasteiger partial charge is 0.399 e. The SMILES string of the molecule is Br.Nc1cccc(C(F)(F)F)c1. The van der Waals surface area contributed by atoms with Crippen LogP contribution in [0.3, 0.4) is 0 Å². The largest absolute Gasteiger partial charge is 0.416 e. The van der Waals surface area contributed by atoms with Crippen LogP contribution >= 0.6 is 17.0 Å². The van der Waals surface area contributed by atoms with Crippen molar-refractivity contribution in [2.24, 2.45) is 0 Å². The van der Waals surface area contributed by atoms with Gasteiger partial charge in [0.15, 0.2) is 0 Å². The normalized spacial score (nSPS) is 10.6. The van der Waals surface area contributed by atoms with Crippen LogP contribution in [0, 0.1) is 0 Å². The molecule has 0 heterocycles. The van der Waals surface area contributed by atoms with Crippen LogP contribution in [0.25, 0.3) is 0 Å².